The Kier molecular flexibility index (Phi) is 6.01. The maximum absolute atomic E-state index is 14.3. The number of pyridine rings is 1. The van der Waals surface area contributed by atoms with Crippen molar-refractivity contribution in [2.45, 2.75) is 69.0 Å². The average Bonchev–Trinajstić information content (AvgIpc) is 3.41. The zero-order valence-corrected chi connectivity index (χ0v) is 19.3. The third kappa shape index (κ3) is 4.38. The number of nitrogens with two attached hydrogens (primary N) is 1. The van der Waals surface area contributed by atoms with E-state index in [2.05, 4.69) is 20.5 Å². The third-order valence-corrected chi connectivity index (χ3v) is 7.59. The Bertz CT molecular complexity index is 1080. The first-order valence-corrected chi connectivity index (χ1v) is 12.0. The van der Waals surface area contributed by atoms with Crippen molar-refractivity contribution >= 4 is 11.8 Å². The van der Waals surface area contributed by atoms with E-state index in [0.29, 0.717) is 25.1 Å². The summed E-state index contributed by atoms with van der Waals surface area (Å²) in [7, 11) is 1.45. The van der Waals surface area contributed by atoms with Gasteiger partial charge >= 0.3 is 0 Å². The quantitative estimate of drug-likeness (QED) is 0.616. The number of aromatic amines is 1. The number of carbonyl (C=O) groups is 2. The van der Waals surface area contributed by atoms with Gasteiger partial charge in [-0.25, -0.2) is 9.37 Å². The first-order chi connectivity index (χ1) is 16.4. The summed E-state index contributed by atoms with van der Waals surface area (Å²) in [5.74, 6) is -0.444. The molecule has 1 aliphatic heterocycles. The predicted octanol–water partition coefficient (Wildman–Crippen LogP) is 2.39. The molecule has 0 aromatic carbocycles. The number of nitrogens with one attached hydrogen (secondary N) is 2. The fraction of sp³-hybridized carbons (Fsp3) is 0.583. The van der Waals surface area contributed by atoms with Crippen LogP contribution in [0.2, 0.25) is 0 Å². The van der Waals surface area contributed by atoms with Crippen LogP contribution in [0.15, 0.2) is 18.3 Å². The number of rotatable bonds is 5. The highest BCUT2D eigenvalue weighted by atomic mass is 19.1. The van der Waals surface area contributed by atoms with Gasteiger partial charge in [-0.15, -0.1) is 0 Å². The van der Waals surface area contributed by atoms with E-state index in [1.54, 1.807) is 6.07 Å². The minimum Gasteiger partial charge on any atom is -0.481 e. The Labute approximate surface area is 197 Å². The molecule has 2 saturated carbocycles. The van der Waals surface area contributed by atoms with Crippen molar-refractivity contribution in [3.05, 3.63) is 29.8 Å². The van der Waals surface area contributed by atoms with E-state index < -0.39 is 5.82 Å². The number of hydrogen-bond donors (Lipinski definition) is 3. The number of methoxy groups -OCH3 is 1. The van der Waals surface area contributed by atoms with Crippen molar-refractivity contribution in [3.63, 3.8) is 0 Å². The minimum atomic E-state index is -0.533. The lowest BCUT2D eigenvalue weighted by molar-refractivity contribution is -0.128. The number of piperidine rings is 1. The smallest absolute Gasteiger partial charge is 0.274 e. The Balaban J connectivity index is 1.25. The second kappa shape index (κ2) is 8.98. The Morgan fingerprint density at radius 1 is 1.24 bits per heavy atom. The molecule has 9 nitrogen and oxygen atoms in total. The van der Waals surface area contributed by atoms with E-state index in [4.69, 9.17) is 10.5 Å². The van der Waals surface area contributed by atoms with Crippen LogP contribution in [0, 0.1) is 11.7 Å². The molecule has 2 aromatic rings. The highest BCUT2D eigenvalue weighted by Gasteiger charge is 2.54. The number of likely N-dealkylation sites (tertiary alicyclic amines) is 1. The minimum absolute atomic E-state index is 0.0877. The van der Waals surface area contributed by atoms with Crippen LogP contribution in [0.5, 0.6) is 5.88 Å². The van der Waals surface area contributed by atoms with Crippen LogP contribution in [0.25, 0.3) is 11.3 Å². The number of ether oxygens (including phenoxy) is 1. The molecule has 3 fully saturated rings. The summed E-state index contributed by atoms with van der Waals surface area (Å²) >= 11 is 0. The molecule has 3 aliphatic rings. The average molecular weight is 471 g/mol. The molecule has 0 bridgehead atoms. The molecule has 1 spiro atoms. The molecule has 10 heteroatoms. The van der Waals surface area contributed by atoms with Crippen molar-refractivity contribution in [1.82, 2.24) is 25.4 Å². The van der Waals surface area contributed by atoms with Crippen molar-refractivity contribution in [2.24, 2.45) is 11.7 Å². The molecule has 1 saturated heterocycles. The molecule has 4 N–H and O–H groups in total. The Morgan fingerprint density at radius 2 is 2.00 bits per heavy atom. The van der Waals surface area contributed by atoms with Crippen LogP contribution in [0.3, 0.4) is 0 Å². The molecule has 34 heavy (non-hydrogen) atoms. The molecular weight excluding hydrogens is 439 g/mol. The van der Waals surface area contributed by atoms with E-state index in [1.807, 2.05) is 4.90 Å². The number of hydrogen-bond acceptors (Lipinski definition) is 6. The van der Waals surface area contributed by atoms with E-state index >= 15 is 0 Å². The van der Waals surface area contributed by atoms with Gasteiger partial charge < -0.3 is 20.7 Å². The molecule has 2 aliphatic carbocycles. The van der Waals surface area contributed by atoms with Crippen LogP contribution in [0.1, 0.15) is 61.9 Å². The van der Waals surface area contributed by atoms with Crippen LogP contribution in [0.4, 0.5) is 4.39 Å². The zero-order chi connectivity index (χ0) is 23.9. The molecule has 1 atom stereocenters. The Morgan fingerprint density at radius 3 is 2.71 bits per heavy atom. The monoisotopic (exact) mass is 470 g/mol. The number of carbonyl (C=O) groups excluding carboxylic acids is 2. The van der Waals surface area contributed by atoms with Gasteiger partial charge in [0.15, 0.2) is 11.5 Å². The lowest BCUT2D eigenvalue weighted by atomic mass is 9.86. The number of H-pyrrole nitrogens is 1. The zero-order valence-electron chi connectivity index (χ0n) is 19.3. The van der Waals surface area contributed by atoms with Gasteiger partial charge in [0.25, 0.3) is 5.91 Å². The summed E-state index contributed by atoms with van der Waals surface area (Å²) in [4.78, 5) is 32.0. The van der Waals surface area contributed by atoms with E-state index in [-0.39, 0.29) is 52.5 Å². The maximum atomic E-state index is 14.3. The number of aromatic nitrogens is 3. The third-order valence-electron chi connectivity index (χ3n) is 7.59. The van der Waals surface area contributed by atoms with Gasteiger partial charge in [0.05, 0.1) is 19.0 Å². The lowest BCUT2D eigenvalue weighted by Crippen LogP contribution is -2.52. The fourth-order valence-electron chi connectivity index (χ4n) is 5.38. The largest absolute Gasteiger partial charge is 0.481 e. The molecule has 182 valence electrons. The fourth-order valence-corrected chi connectivity index (χ4v) is 5.38. The molecule has 0 unspecified atom stereocenters. The van der Waals surface area contributed by atoms with Gasteiger partial charge in [0, 0.05) is 41.7 Å². The molecule has 2 amide bonds. The normalized spacial score (nSPS) is 25.7. The second-order valence-electron chi connectivity index (χ2n) is 9.86. The predicted molar refractivity (Wildman–Crippen MR) is 122 cm³/mol. The van der Waals surface area contributed by atoms with E-state index in [1.165, 1.54) is 13.2 Å². The van der Waals surface area contributed by atoms with Crippen molar-refractivity contribution < 1.29 is 18.7 Å². The Hall–Kier alpha value is -3.01. The summed E-state index contributed by atoms with van der Waals surface area (Å²) in [6.45, 7) is 0.506. The summed E-state index contributed by atoms with van der Waals surface area (Å²) in [6, 6.07) is 3.47. The van der Waals surface area contributed by atoms with Gasteiger partial charge in [-0.2, -0.15) is 5.10 Å². The topological polar surface area (TPSA) is 126 Å². The van der Waals surface area contributed by atoms with Crippen molar-refractivity contribution in [2.75, 3.05) is 13.7 Å². The van der Waals surface area contributed by atoms with Gasteiger partial charge in [-0.1, -0.05) is 0 Å². The van der Waals surface area contributed by atoms with Crippen LogP contribution >= 0.6 is 0 Å². The molecular formula is C24H31FN6O3. The highest BCUT2D eigenvalue weighted by molar-refractivity contribution is 5.94. The summed E-state index contributed by atoms with van der Waals surface area (Å²) in [5.41, 5.74) is 6.55. The van der Waals surface area contributed by atoms with Gasteiger partial charge in [-0.3, -0.25) is 14.7 Å². The first-order valence-electron chi connectivity index (χ1n) is 12.0. The lowest BCUT2D eigenvalue weighted by Gasteiger charge is -2.40. The van der Waals surface area contributed by atoms with E-state index in [0.717, 1.165) is 44.7 Å². The standard InChI is InChI=1S/C24H31FN6O3/c1-34-21-10-17(18(25)13-27-21)19-11-20(30-29-19)23(33)31-9-6-14(12-24(31)7-8-24)22(32)28-16-4-2-15(26)3-5-16/h10-11,13-16H,2-9,12,26H2,1H3,(H,28,32)(H,29,30)/t14-,15-,16+/m0/s1. The molecule has 5 rings (SSSR count). The SMILES string of the molecule is COc1cc(-c2cc(C(=O)N3CC[C@H](C(=O)N[C@H]4CC[C@@H](N)CC4)CC34CC4)n[nH]2)c(F)cn1. The summed E-state index contributed by atoms with van der Waals surface area (Å²) in [6.07, 6.45) is 7.90. The van der Waals surface area contributed by atoms with Gasteiger partial charge in [-0.05, 0) is 57.4 Å². The van der Waals surface area contributed by atoms with Gasteiger partial charge in [0.1, 0.15) is 0 Å². The molecule has 2 aromatic heterocycles. The summed E-state index contributed by atoms with van der Waals surface area (Å²) in [5, 5.41) is 10.1. The van der Waals surface area contributed by atoms with Crippen molar-refractivity contribution in [1.29, 1.82) is 0 Å². The number of nitrogens with zero attached hydrogens (tertiary/aromatic N) is 3. The highest BCUT2D eigenvalue weighted by Crippen LogP contribution is 2.50. The number of halogens is 1. The number of amides is 2. The molecule has 0 radical (unpaired) electrons. The maximum Gasteiger partial charge on any atom is 0.274 e. The van der Waals surface area contributed by atoms with Crippen LogP contribution in [-0.2, 0) is 4.79 Å². The van der Waals surface area contributed by atoms with Crippen LogP contribution < -0.4 is 15.8 Å². The first kappa shape index (κ1) is 22.8. The van der Waals surface area contributed by atoms with Crippen molar-refractivity contribution in [3.8, 4) is 17.1 Å². The molecule has 3 heterocycles. The van der Waals surface area contributed by atoms with Crippen LogP contribution in [-0.4, -0.2) is 63.2 Å². The second-order valence-corrected chi connectivity index (χ2v) is 9.86. The van der Waals surface area contributed by atoms with E-state index in [9.17, 15) is 14.0 Å². The van der Waals surface area contributed by atoms with Gasteiger partial charge in [0.2, 0.25) is 11.8 Å². The summed E-state index contributed by atoms with van der Waals surface area (Å²) < 4.78 is 19.4.